The maximum atomic E-state index is 5.54. The van der Waals surface area contributed by atoms with Crippen molar-refractivity contribution in [1.29, 1.82) is 0 Å². The number of methoxy groups -OCH3 is 1. The Morgan fingerprint density at radius 3 is 2.83 bits per heavy atom. The molecule has 2 aliphatic rings. The third-order valence-electron chi connectivity index (χ3n) is 6.02. The van der Waals surface area contributed by atoms with Crippen molar-refractivity contribution in [2.45, 2.75) is 51.1 Å². The minimum atomic E-state index is 0.430. The molecule has 1 fully saturated rings. The Kier molecular flexibility index (Phi) is 4.79. The standard InChI is InChI=1S/C21H27N7O/c1-27-9-8-17-14(13-27)10-18(20(24-17)29-2)25-21-22-11-15-12-23-28(19(15)26-21)16-6-4-3-5-7-16/h10-12,16H,3-9,13H2,1-2H3,(H,22,25,26). The SMILES string of the molecule is COc1nc2c(cc1Nc1ncc3cnn(C4CCCCC4)c3n1)CN(C)CC2. The molecular weight excluding hydrogens is 366 g/mol. The number of ether oxygens (including phenoxy) is 1. The molecule has 3 aromatic rings. The van der Waals surface area contributed by atoms with Crippen molar-refractivity contribution in [3.05, 3.63) is 29.7 Å². The number of hydrogen-bond donors (Lipinski definition) is 1. The van der Waals surface area contributed by atoms with Crippen molar-refractivity contribution < 1.29 is 4.74 Å². The van der Waals surface area contributed by atoms with Crippen molar-refractivity contribution in [1.82, 2.24) is 29.6 Å². The number of fused-ring (bicyclic) bond motifs is 2. The molecule has 8 nitrogen and oxygen atoms in total. The van der Waals surface area contributed by atoms with Gasteiger partial charge in [0.25, 0.3) is 0 Å². The van der Waals surface area contributed by atoms with Crippen LogP contribution in [0.4, 0.5) is 11.6 Å². The minimum absolute atomic E-state index is 0.430. The summed E-state index contributed by atoms with van der Waals surface area (Å²) >= 11 is 0. The molecule has 0 amide bonds. The molecule has 4 heterocycles. The molecule has 29 heavy (non-hydrogen) atoms. The molecule has 1 aliphatic carbocycles. The normalized spacial score (nSPS) is 18.0. The van der Waals surface area contributed by atoms with Crippen molar-refractivity contribution >= 4 is 22.7 Å². The number of rotatable bonds is 4. The van der Waals surface area contributed by atoms with E-state index in [2.05, 4.69) is 38.1 Å². The Labute approximate surface area is 170 Å². The van der Waals surface area contributed by atoms with E-state index in [1.807, 2.05) is 12.4 Å². The van der Waals surface area contributed by atoms with Crippen LogP contribution in [0.3, 0.4) is 0 Å². The monoisotopic (exact) mass is 393 g/mol. The van der Waals surface area contributed by atoms with E-state index in [4.69, 9.17) is 14.7 Å². The van der Waals surface area contributed by atoms with Crippen LogP contribution in [0.1, 0.15) is 49.4 Å². The second-order valence-corrected chi connectivity index (χ2v) is 8.12. The lowest BCUT2D eigenvalue weighted by Crippen LogP contribution is -2.27. The molecule has 5 rings (SSSR count). The first-order valence-electron chi connectivity index (χ1n) is 10.4. The lowest BCUT2D eigenvalue weighted by Gasteiger charge is -2.25. The Morgan fingerprint density at radius 1 is 1.14 bits per heavy atom. The van der Waals surface area contributed by atoms with Crippen LogP contribution in [0.2, 0.25) is 0 Å². The quantitative estimate of drug-likeness (QED) is 0.727. The van der Waals surface area contributed by atoms with E-state index in [-0.39, 0.29) is 0 Å². The van der Waals surface area contributed by atoms with Crippen molar-refractivity contribution in [3.8, 4) is 5.88 Å². The van der Waals surface area contributed by atoms with Gasteiger partial charge >= 0.3 is 0 Å². The number of hydrogen-bond acceptors (Lipinski definition) is 7. The van der Waals surface area contributed by atoms with Crippen molar-refractivity contribution in [2.24, 2.45) is 0 Å². The number of likely N-dealkylation sites (N-methyl/N-ethyl adjacent to an activating group) is 1. The number of anilines is 2. The fourth-order valence-electron chi connectivity index (χ4n) is 4.45. The summed E-state index contributed by atoms with van der Waals surface area (Å²) in [6.45, 7) is 1.90. The Bertz CT molecular complexity index is 1030. The van der Waals surface area contributed by atoms with Crippen LogP contribution in [-0.4, -0.2) is 50.3 Å². The highest BCUT2D eigenvalue weighted by Crippen LogP contribution is 2.32. The molecule has 0 spiro atoms. The highest BCUT2D eigenvalue weighted by molar-refractivity contribution is 5.75. The minimum Gasteiger partial charge on any atom is -0.480 e. The zero-order chi connectivity index (χ0) is 19.8. The molecule has 1 saturated carbocycles. The summed E-state index contributed by atoms with van der Waals surface area (Å²) in [4.78, 5) is 16.3. The summed E-state index contributed by atoms with van der Waals surface area (Å²) in [6.07, 6.45) is 10.8. The third-order valence-corrected chi connectivity index (χ3v) is 6.02. The summed E-state index contributed by atoms with van der Waals surface area (Å²) < 4.78 is 7.62. The van der Waals surface area contributed by atoms with Gasteiger partial charge in [0.15, 0.2) is 5.65 Å². The van der Waals surface area contributed by atoms with Gasteiger partial charge in [0, 0.05) is 25.7 Å². The topological polar surface area (TPSA) is 81.0 Å². The van der Waals surface area contributed by atoms with Gasteiger partial charge in [-0.05, 0) is 31.5 Å². The first kappa shape index (κ1) is 18.3. The first-order valence-corrected chi connectivity index (χ1v) is 10.4. The van der Waals surface area contributed by atoms with Gasteiger partial charge in [0.2, 0.25) is 11.8 Å². The molecule has 3 aromatic heterocycles. The van der Waals surface area contributed by atoms with Crippen LogP contribution < -0.4 is 10.1 Å². The lowest BCUT2D eigenvalue weighted by molar-refractivity contribution is 0.307. The largest absolute Gasteiger partial charge is 0.480 e. The smallest absolute Gasteiger partial charge is 0.237 e. The zero-order valence-electron chi connectivity index (χ0n) is 17.1. The third kappa shape index (κ3) is 3.53. The number of pyridine rings is 1. The van der Waals surface area contributed by atoms with Gasteiger partial charge in [-0.1, -0.05) is 19.3 Å². The van der Waals surface area contributed by atoms with Crippen molar-refractivity contribution in [3.63, 3.8) is 0 Å². The van der Waals surface area contributed by atoms with Gasteiger partial charge in [0.05, 0.1) is 30.4 Å². The molecule has 0 bridgehead atoms. The number of nitrogens with one attached hydrogen (secondary N) is 1. The predicted molar refractivity (Wildman–Crippen MR) is 112 cm³/mol. The molecule has 0 unspecified atom stereocenters. The van der Waals surface area contributed by atoms with Gasteiger partial charge in [-0.25, -0.2) is 14.6 Å². The predicted octanol–water partition coefficient (Wildman–Crippen LogP) is 3.47. The van der Waals surface area contributed by atoms with Crippen LogP contribution >= 0.6 is 0 Å². The molecule has 1 aliphatic heterocycles. The van der Waals surface area contributed by atoms with Gasteiger partial charge in [-0.3, -0.25) is 0 Å². The van der Waals surface area contributed by atoms with Gasteiger partial charge in [0.1, 0.15) is 5.69 Å². The highest BCUT2D eigenvalue weighted by atomic mass is 16.5. The molecule has 0 atom stereocenters. The van der Waals surface area contributed by atoms with Crippen molar-refractivity contribution in [2.75, 3.05) is 26.0 Å². The van der Waals surface area contributed by atoms with Crippen LogP contribution in [0.25, 0.3) is 11.0 Å². The molecule has 8 heteroatoms. The summed E-state index contributed by atoms with van der Waals surface area (Å²) in [6, 6.07) is 2.54. The van der Waals surface area contributed by atoms with E-state index in [1.54, 1.807) is 7.11 Å². The van der Waals surface area contributed by atoms with E-state index in [0.29, 0.717) is 17.9 Å². The highest BCUT2D eigenvalue weighted by Gasteiger charge is 2.21. The Morgan fingerprint density at radius 2 is 2.00 bits per heavy atom. The summed E-state index contributed by atoms with van der Waals surface area (Å²) in [7, 11) is 3.78. The average molecular weight is 393 g/mol. The van der Waals surface area contributed by atoms with E-state index < -0.39 is 0 Å². The second-order valence-electron chi connectivity index (χ2n) is 8.12. The molecular formula is C21H27N7O. The van der Waals surface area contributed by atoms with Gasteiger partial charge < -0.3 is 15.0 Å². The van der Waals surface area contributed by atoms with Gasteiger partial charge in [-0.2, -0.15) is 10.1 Å². The van der Waals surface area contributed by atoms with Crippen LogP contribution in [0.15, 0.2) is 18.5 Å². The maximum Gasteiger partial charge on any atom is 0.237 e. The zero-order valence-corrected chi connectivity index (χ0v) is 17.1. The maximum absolute atomic E-state index is 5.54. The van der Waals surface area contributed by atoms with Gasteiger partial charge in [-0.15, -0.1) is 0 Å². The van der Waals surface area contributed by atoms with Crippen LogP contribution in [-0.2, 0) is 13.0 Å². The molecule has 0 aromatic carbocycles. The fraction of sp³-hybridized carbons (Fsp3) is 0.524. The Balaban J connectivity index is 1.48. The average Bonchev–Trinajstić information content (AvgIpc) is 3.17. The molecule has 1 N–H and O–H groups in total. The molecule has 0 saturated heterocycles. The number of aromatic nitrogens is 5. The van der Waals surface area contributed by atoms with Crippen LogP contribution in [0.5, 0.6) is 5.88 Å². The van der Waals surface area contributed by atoms with E-state index in [9.17, 15) is 0 Å². The van der Waals surface area contributed by atoms with E-state index in [1.165, 1.54) is 37.7 Å². The summed E-state index contributed by atoms with van der Waals surface area (Å²) in [5, 5.41) is 8.91. The summed E-state index contributed by atoms with van der Waals surface area (Å²) in [5.74, 6) is 1.12. The van der Waals surface area contributed by atoms with E-state index in [0.717, 1.165) is 41.9 Å². The lowest BCUT2D eigenvalue weighted by atomic mass is 9.96. The summed E-state index contributed by atoms with van der Waals surface area (Å²) in [5.41, 5.74) is 4.01. The van der Waals surface area contributed by atoms with Crippen LogP contribution in [0, 0.1) is 0 Å². The number of nitrogens with zero attached hydrogens (tertiary/aromatic N) is 6. The second kappa shape index (κ2) is 7.59. The molecule has 0 radical (unpaired) electrons. The van der Waals surface area contributed by atoms with E-state index >= 15 is 0 Å². The Hall–Kier alpha value is -2.74. The first-order chi connectivity index (χ1) is 14.2. The molecule has 152 valence electrons. The fourth-order valence-corrected chi connectivity index (χ4v) is 4.45.